The number of fused-ring (bicyclic) bond motifs is 1. The molecule has 0 aliphatic heterocycles. The summed E-state index contributed by atoms with van der Waals surface area (Å²) in [7, 11) is 0. The largest absolute Gasteiger partial charge is 0.417 e. The smallest absolute Gasteiger partial charge is 0.370 e. The van der Waals surface area contributed by atoms with E-state index < -0.39 is 17.6 Å². The second-order valence-corrected chi connectivity index (χ2v) is 7.14. The third-order valence-electron chi connectivity index (χ3n) is 3.69. The van der Waals surface area contributed by atoms with E-state index in [1.807, 2.05) is 31.2 Å². The molecule has 0 bridgehead atoms. The molecule has 2 aromatic heterocycles. The Hall–Kier alpha value is -2.59. The number of hydrogen-bond acceptors (Lipinski definition) is 6. The van der Waals surface area contributed by atoms with E-state index in [1.54, 1.807) is 0 Å². The van der Waals surface area contributed by atoms with E-state index in [2.05, 4.69) is 25.6 Å². The van der Waals surface area contributed by atoms with Crippen molar-refractivity contribution < 1.29 is 18.0 Å². The summed E-state index contributed by atoms with van der Waals surface area (Å²) in [6.07, 6.45) is -3.95. The molecule has 0 fully saturated rings. The molecule has 0 aliphatic rings. The molecule has 0 aliphatic carbocycles. The van der Waals surface area contributed by atoms with E-state index in [4.69, 9.17) is 11.6 Å². The van der Waals surface area contributed by atoms with E-state index in [0.717, 1.165) is 22.7 Å². The molecule has 152 valence electrons. The summed E-state index contributed by atoms with van der Waals surface area (Å²) in [6, 6.07) is 8.19. The zero-order valence-corrected chi connectivity index (χ0v) is 16.6. The summed E-state index contributed by atoms with van der Waals surface area (Å²) < 4.78 is 38.0. The van der Waals surface area contributed by atoms with Crippen LogP contribution < -0.4 is 10.6 Å². The van der Waals surface area contributed by atoms with Crippen LogP contribution in [0.2, 0.25) is 5.02 Å². The fourth-order valence-electron chi connectivity index (χ4n) is 2.41. The van der Waals surface area contributed by atoms with E-state index in [1.165, 1.54) is 0 Å². The number of benzene rings is 1. The molecule has 0 atom stereocenters. The van der Waals surface area contributed by atoms with Crippen LogP contribution in [-0.4, -0.2) is 33.2 Å². The maximum atomic E-state index is 12.7. The van der Waals surface area contributed by atoms with Crippen LogP contribution in [0.3, 0.4) is 0 Å². The molecule has 6 nitrogen and oxygen atoms in total. The van der Waals surface area contributed by atoms with Gasteiger partial charge < -0.3 is 10.6 Å². The third kappa shape index (κ3) is 5.27. The fraction of sp³-hybridized carbons (Fsp3) is 0.222. The fourth-order valence-corrected chi connectivity index (χ4v) is 3.27. The summed E-state index contributed by atoms with van der Waals surface area (Å²) in [6.45, 7) is 2.61. The molecule has 11 heteroatoms. The van der Waals surface area contributed by atoms with Crippen molar-refractivity contribution in [2.24, 2.45) is 0 Å². The molecule has 2 N–H and O–H groups in total. The summed E-state index contributed by atoms with van der Waals surface area (Å²) in [4.78, 5) is 24.6. The number of thioether (sulfide) groups is 1. The van der Waals surface area contributed by atoms with Crippen molar-refractivity contribution in [2.45, 2.75) is 18.3 Å². The highest BCUT2D eigenvalue weighted by Gasteiger charge is 2.31. The number of nitrogens with one attached hydrogen (secondary N) is 2. The first-order valence-electron chi connectivity index (χ1n) is 8.44. The lowest BCUT2D eigenvalue weighted by molar-refractivity contribution is -0.137. The predicted molar refractivity (Wildman–Crippen MR) is 107 cm³/mol. The van der Waals surface area contributed by atoms with Gasteiger partial charge in [0.15, 0.2) is 11.0 Å². The zero-order valence-electron chi connectivity index (χ0n) is 15.0. The molecule has 3 rings (SSSR count). The number of para-hydroxylation sites is 1. The number of pyridine rings is 1. The molecule has 0 unspecified atom stereocenters. The number of hydrogen-bond donors (Lipinski definition) is 2. The van der Waals surface area contributed by atoms with Crippen LogP contribution in [0, 0.1) is 0 Å². The van der Waals surface area contributed by atoms with E-state index >= 15 is 0 Å². The lowest BCUT2D eigenvalue weighted by Gasteiger charge is -2.11. The standard InChI is InChI=1S/C18H15ClF3N5OS/c1-2-23-15-11-5-3-4-6-13(11)25-17(27-15)29-9-14(28)26-16-12(19)7-10(8-24-16)18(20,21)22/h3-8H,2,9H2,1H3,(H,23,25,27)(H,24,26,28). The van der Waals surface area contributed by atoms with Gasteiger partial charge in [0.1, 0.15) is 5.82 Å². The average molecular weight is 442 g/mol. The highest BCUT2D eigenvalue weighted by atomic mass is 35.5. The first-order chi connectivity index (χ1) is 13.8. The number of amides is 1. The van der Waals surface area contributed by atoms with E-state index in [9.17, 15) is 18.0 Å². The van der Waals surface area contributed by atoms with Crippen molar-refractivity contribution in [1.29, 1.82) is 0 Å². The Labute approximate surface area is 173 Å². The van der Waals surface area contributed by atoms with E-state index in [-0.39, 0.29) is 16.6 Å². The van der Waals surface area contributed by atoms with Crippen LogP contribution in [0.4, 0.5) is 24.8 Å². The Bertz CT molecular complexity index is 1050. The van der Waals surface area contributed by atoms with Crippen LogP contribution in [0.15, 0.2) is 41.7 Å². The first kappa shape index (κ1) is 21.1. The number of alkyl halides is 3. The van der Waals surface area contributed by atoms with Crippen LogP contribution in [-0.2, 0) is 11.0 Å². The topological polar surface area (TPSA) is 79.8 Å². The summed E-state index contributed by atoms with van der Waals surface area (Å²) in [5, 5.41) is 6.51. The lowest BCUT2D eigenvalue weighted by Crippen LogP contribution is -2.16. The predicted octanol–water partition coefficient (Wildman–Crippen LogP) is 4.86. The molecule has 1 aromatic carbocycles. The lowest BCUT2D eigenvalue weighted by atomic mass is 10.2. The third-order valence-corrected chi connectivity index (χ3v) is 4.82. The molecule has 2 heterocycles. The van der Waals surface area contributed by atoms with Crippen molar-refractivity contribution in [3.8, 4) is 0 Å². The number of nitrogens with zero attached hydrogens (tertiary/aromatic N) is 3. The zero-order chi connectivity index (χ0) is 21.0. The highest BCUT2D eigenvalue weighted by Crippen LogP contribution is 2.32. The summed E-state index contributed by atoms with van der Waals surface area (Å²) in [5.74, 6) is -0.0411. The van der Waals surface area contributed by atoms with Crippen LogP contribution in [0.1, 0.15) is 12.5 Å². The SMILES string of the molecule is CCNc1nc(SCC(=O)Nc2ncc(C(F)(F)F)cc2Cl)nc2ccccc12. The van der Waals surface area contributed by atoms with Gasteiger partial charge in [0.2, 0.25) is 5.91 Å². The van der Waals surface area contributed by atoms with Crippen LogP contribution in [0.25, 0.3) is 10.9 Å². The normalized spacial score (nSPS) is 11.5. The van der Waals surface area contributed by atoms with Gasteiger partial charge in [-0.2, -0.15) is 13.2 Å². The Balaban J connectivity index is 1.69. The number of halogens is 4. The maximum absolute atomic E-state index is 12.7. The Morgan fingerprint density at radius 1 is 1.21 bits per heavy atom. The molecule has 0 radical (unpaired) electrons. The second-order valence-electron chi connectivity index (χ2n) is 5.79. The highest BCUT2D eigenvalue weighted by molar-refractivity contribution is 7.99. The maximum Gasteiger partial charge on any atom is 0.417 e. The minimum absolute atomic E-state index is 0.0665. The van der Waals surface area contributed by atoms with Crippen molar-refractivity contribution in [1.82, 2.24) is 15.0 Å². The monoisotopic (exact) mass is 441 g/mol. The Morgan fingerprint density at radius 2 is 1.97 bits per heavy atom. The molecular formula is C18H15ClF3N5OS. The van der Waals surface area contributed by atoms with Crippen molar-refractivity contribution in [3.05, 3.63) is 47.1 Å². The minimum atomic E-state index is -4.56. The molecular weight excluding hydrogens is 427 g/mol. The number of anilines is 2. The number of aromatic nitrogens is 3. The molecule has 1 amide bonds. The summed E-state index contributed by atoms with van der Waals surface area (Å²) >= 11 is 6.89. The van der Waals surface area contributed by atoms with Crippen LogP contribution >= 0.6 is 23.4 Å². The molecule has 29 heavy (non-hydrogen) atoms. The van der Waals surface area contributed by atoms with Gasteiger partial charge in [-0.3, -0.25) is 4.79 Å². The number of rotatable bonds is 6. The minimum Gasteiger partial charge on any atom is -0.370 e. The van der Waals surface area contributed by atoms with Gasteiger partial charge in [-0.05, 0) is 25.1 Å². The molecule has 3 aromatic rings. The molecule has 0 saturated carbocycles. The number of carbonyl (C=O) groups is 1. The van der Waals surface area contributed by atoms with Crippen molar-refractivity contribution in [2.75, 3.05) is 22.9 Å². The molecule has 0 saturated heterocycles. The Morgan fingerprint density at radius 3 is 2.66 bits per heavy atom. The van der Waals surface area contributed by atoms with Gasteiger partial charge in [-0.25, -0.2) is 15.0 Å². The van der Waals surface area contributed by atoms with Gasteiger partial charge in [-0.15, -0.1) is 0 Å². The number of carbonyl (C=O) groups excluding carboxylic acids is 1. The second kappa shape index (κ2) is 8.83. The van der Waals surface area contributed by atoms with Gasteiger partial charge in [0, 0.05) is 18.1 Å². The van der Waals surface area contributed by atoms with Crippen LogP contribution in [0.5, 0.6) is 0 Å². The average Bonchev–Trinajstić information content (AvgIpc) is 2.67. The van der Waals surface area contributed by atoms with Gasteiger partial charge >= 0.3 is 6.18 Å². The van der Waals surface area contributed by atoms with Gasteiger partial charge in [-0.1, -0.05) is 35.5 Å². The first-order valence-corrected chi connectivity index (χ1v) is 9.80. The van der Waals surface area contributed by atoms with Gasteiger partial charge in [0.05, 0.1) is 21.9 Å². The molecule has 0 spiro atoms. The summed E-state index contributed by atoms with van der Waals surface area (Å²) in [5.41, 5.74) is -0.260. The van der Waals surface area contributed by atoms with E-state index in [0.29, 0.717) is 29.8 Å². The Kier molecular flexibility index (Phi) is 6.43. The quantitative estimate of drug-likeness (QED) is 0.420. The van der Waals surface area contributed by atoms with Gasteiger partial charge in [0.25, 0.3) is 0 Å². The van der Waals surface area contributed by atoms with Crippen molar-refractivity contribution >= 4 is 51.8 Å². The van der Waals surface area contributed by atoms with Crippen molar-refractivity contribution in [3.63, 3.8) is 0 Å².